The van der Waals surface area contributed by atoms with E-state index in [9.17, 15) is 0 Å². The summed E-state index contributed by atoms with van der Waals surface area (Å²) in [6.45, 7) is 0. The largest absolute Gasteiger partial charge is 0.309 e. The van der Waals surface area contributed by atoms with E-state index in [-0.39, 0.29) is 0 Å². The number of hydrogen-bond donors (Lipinski definition) is 0. The zero-order valence-electron chi connectivity index (χ0n) is 22.3. The Morgan fingerprint density at radius 2 is 0.902 bits per heavy atom. The van der Waals surface area contributed by atoms with Crippen molar-refractivity contribution in [2.45, 2.75) is 0 Å². The third kappa shape index (κ3) is 3.16. The molecule has 0 unspecified atom stereocenters. The summed E-state index contributed by atoms with van der Waals surface area (Å²) >= 11 is 0. The molecule has 0 amide bonds. The molecule has 0 saturated heterocycles. The third-order valence-electron chi connectivity index (χ3n) is 8.56. The van der Waals surface area contributed by atoms with Crippen LogP contribution in [0.4, 0.5) is 0 Å². The van der Waals surface area contributed by atoms with Crippen LogP contribution < -0.4 is 0 Å². The van der Waals surface area contributed by atoms with Gasteiger partial charge in [0.2, 0.25) is 0 Å². The number of pyridine rings is 1. The summed E-state index contributed by atoms with van der Waals surface area (Å²) in [5.41, 5.74) is 13.1. The van der Waals surface area contributed by atoms with E-state index >= 15 is 0 Å². The van der Waals surface area contributed by atoms with Crippen molar-refractivity contribution in [3.05, 3.63) is 146 Å². The second kappa shape index (κ2) is 8.51. The Kier molecular flexibility index (Phi) is 4.64. The monoisotopic (exact) mass is 520 g/mol. The molecule has 0 N–H and O–H groups in total. The van der Waals surface area contributed by atoms with Gasteiger partial charge in [-0.05, 0) is 69.4 Å². The summed E-state index contributed by atoms with van der Waals surface area (Å²) < 4.78 is 2.36. The van der Waals surface area contributed by atoms with E-state index in [0.717, 1.165) is 22.6 Å². The highest BCUT2D eigenvalue weighted by Crippen LogP contribution is 2.49. The van der Waals surface area contributed by atoms with Crippen molar-refractivity contribution in [2.24, 2.45) is 0 Å². The molecular formula is C39H24N2. The summed E-state index contributed by atoms with van der Waals surface area (Å²) in [5, 5.41) is 5.04. The van der Waals surface area contributed by atoms with Crippen molar-refractivity contribution < 1.29 is 0 Å². The van der Waals surface area contributed by atoms with E-state index < -0.39 is 0 Å². The Labute approximate surface area is 237 Å². The summed E-state index contributed by atoms with van der Waals surface area (Å²) in [4.78, 5) is 5.32. The molecule has 6 aromatic carbocycles. The normalized spacial score (nSPS) is 11.9. The smallest absolute Gasteiger partial charge is 0.0716 e. The van der Waals surface area contributed by atoms with Crippen LogP contribution in [0.5, 0.6) is 0 Å². The minimum Gasteiger partial charge on any atom is -0.309 e. The van der Waals surface area contributed by atoms with Crippen LogP contribution >= 0.6 is 0 Å². The number of rotatable bonds is 3. The number of aromatic nitrogens is 2. The molecule has 2 heteroatoms. The van der Waals surface area contributed by atoms with Gasteiger partial charge in [-0.2, -0.15) is 0 Å². The molecule has 9 rings (SSSR count). The summed E-state index contributed by atoms with van der Waals surface area (Å²) in [5.74, 6) is 0. The maximum absolute atomic E-state index is 5.32. The van der Waals surface area contributed by atoms with Crippen LogP contribution in [0.3, 0.4) is 0 Å². The fourth-order valence-electron chi connectivity index (χ4n) is 6.85. The van der Waals surface area contributed by atoms with E-state index in [2.05, 4.69) is 150 Å². The Morgan fingerprint density at radius 3 is 1.76 bits per heavy atom. The van der Waals surface area contributed by atoms with Crippen molar-refractivity contribution in [3.8, 4) is 50.5 Å². The number of fused-ring (bicyclic) bond motifs is 6. The van der Waals surface area contributed by atoms with Gasteiger partial charge in [0.05, 0.1) is 22.4 Å². The van der Waals surface area contributed by atoms with Gasteiger partial charge >= 0.3 is 0 Å². The van der Waals surface area contributed by atoms with E-state index in [4.69, 9.17) is 4.98 Å². The minimum absolute atomic E-state index is 0.982. The number of nitrogens with zero attached hydrogens (tertiary/aromatic N) is 2. The van der Waals surface area contributed by atoms with Gasteiger partial charge in [0.1, 0.15) is 0 Å². The molecule has 2 aromatic heterocycles. The lowest BCUT2D eigenvalue weighted by Gasteiger charge is -2.11. The predicted octanol–water partition coefficient (Wildman–Crippen LogP) is 10.3. The zero-order chi connectivity index (χ0) is 26.9. The molecule has 1 aliphatic carbocycles. The van der Waals surface area contributed by atoms with Crippen molar-refractivity contribution in [2.75, 3.05) is 0 Å². The maximum Gasteiger partial charge on any atom is 0.0716 e. The minimum atomic E-state index is 0.982. The molecule has 0 bridgehead atoms. The number of hydrogen-bond acceptors (Lipinski definition) is 1. The molecule has 190 valence electrons. The van der Waals surface area contributed by atoms with Gasteiger partial charge in [0, 0.05) is 27.6 Å². The lowest BCUT2D eigenvalue weighted by atomic mass is 9.96. The average Bonchev–Trinajstić information content (AvgIpc) is 3.56. The first-order chi connectivity index (χ1) is 20.4. The van der Waals surface area contributed by atoms with E-state index in [1.54, 1.807) is 0 Å². The Morgan fingerprint density at radius 1 is 0.341 bits per heavy atom. The van der Waals surface area contributed by atoms with E-state index in [0.29, 0.717) is 0 Å². The molecule has 0 spiro atoms. The first-order valence-electron chi connectivity index (χ1n) is 14.1. The molecule has 1 aliphatic rings. The first-order valence-corrected chi connectivity index (χ1v) is 14.1. The molecule has 0 fully saturated rings. The lowest BCUT2D eigenvalue weighted by Crippen LogP contribution is -1.93. The van der Waals surface area contributed by atoms with E-state index in [1.165, 1.54) is 60.4 Å². The Bertz CT molecular complexity index is 2280. The SMILES string of the molecule is c1ccc(-n2c3ccccc3c3c(-c4cccc(-c5ccc6c7c(cccc57)-c5ccccc5-6)n4)cccc32)cc1. The highest BCUT2D eigenvalue weighted by molar-refractivity contribution is 6.19. The highest BCUT2D eigenvalue weighted by Gasteiger charge is 2.23. The molecule has 8 aromatic rings. The molecule has 2 heterocycles. The van der Waals surface area contributed by atoms with Crippen molar-refractivity contribution in [3.63, 3.8) is 0 Å². The van der Waals surface area contributed by atoms with Crippen LogP contribution in [-0.2, 0) is 0 Å². The van der Waals surface area contributed by atoms with Crippen LogP contribution in [0.1, 0.15) is 0 Å². The van der Waals surface area contributed by atoms with Gasteiger partial charge in [-0.25, -0.2) is 4.98 Å². The zero-order valence-corrected chi connectivity index (χ0v) is 22.3. The van der Waals surface area contributed by atoms with Gasteiger partial charge in [0.25, 0.3) is 0 Å². The molecular weight excluding hydrogens is 496 g/mol. The maximum atomic E-state index is 5.32. The standard InChI is InChI=1S/C39H24N2/c1-2-11-25(12-3-1)41-36-21-7-6-15-33(36)39-32(18-9-22-37(39)41)35-20-10-19-34(40-35)28-23-24-31-27-14-5-4-13-26(27)29-16-8-17-30(28)38(29)31/h1-24H. The second-order valence-corrected chi connectivity index (χ2v) is 10.7. The van der Waals surface area contributed by atoms with E-state index in [1.807, 2.05) is 0 Å². The van der Waals surface area contributed by atoms with Gasteiger partial charge in [-0.15, -0.1) is 0 Å². The predicted molar refractivity (Wildman–Crippen MR) is 171 cm³/mol. The van der Waals surface area contributed by atoms with Crippen molar-refractivity contribution in [1.29, 1.82) is 0 Å². The number of benzene rings is 6. The van der Waals surface area contributed by atoms with Crippen LogP contribution in [0.25, 0.3) is 83.0 Å². The van der Waals surface area contributed by atoms with Crippen LogP contribution in [0.15, 0.2) is 146 Å². The summed E-state index contributed by atoms with van der Waals surface area (Å²) in [7, 11) is 0. The van der Waals surface area contributed by atoms with Gasteiger partial charge < -0.3 is 4.57 Å². The molecule has 0 saturated carbocycles. The Balaban J connectivity index is 1.27. The number of para-hydroxylation sites is 2. The van der Waals surface area contributed by atoms with Crippen LogP contribution in [0.2, 0.25) is 0 Å². The average molecular weight is 521 g/mol. The third-order valence-corrected chi connectivity index (χ3v) is 8.56. The van der Waals surface area contributed by atoms with Crippen LogP contribution in [0, 0.1) is 0 Å². The Hall–Kier alpha value is -5.47. The van der Waals surface area contributed by atoms with Gasteiger partial charge in [0.15, 0.2) is 0 Å². The topological polar surface area (TPSA) is 17.8 Å². The fourth-order valence-corrected chi connectivity index (χ4v) is 6.85. The molecule has 2 nitrogen and oxygen atoms in total. The summed E-state index contributed by atoms with van der Waals surface area (Å²) in [6, 6.07) is 52.2. The quantitative estimate of drug-likeness (QED) is 0.227. The first kappa shape index (κ1) is 22.4. The van der Waals surface area contributed by atoms with Crippen LogP contribution in [-0.4, -0.2) is 9.55 Å². The second-order valence-electron chi connectivity index (χ2n) is 10.7. The fraction of sp³-hybridized carbons (Fsp3) is 0. The highest BCUT2D eigenvalue weighted by atomic mass is 15.0. The molecule has 0 atom stereocenters. The lowest BCUT2D eigenvalue weighted by molar-refractivity contribution is 1.18. The molecule has 0 aliphatic heterocycles. The molecule has 41 heavy (non-hydrogen) atoms. The molecule has 0 radical (unpaired) electrons. The van der Waals surface area contributed by atoms with Gasteiger partial charge in [-0.1, -0.05) is 109 Å². The van der Waals surface area contributed by atoms with Gasteiger partial charge in [-0.3, -0.25) is 0 Å². The van der Waals surface area contributed by atoms with Crippen molar-refractivity contribution in [1.82, 2.24) is 9.55 Å². The summed E-state index contributed by atoms with van der Waals surface area (Å²) in [6.07, 6.45) is 0. The van der Waals surface area contributed by atoms with Crippen molar-refractivity contribution >= 4 is 32.6 Å².